The molecule has 1 heterocycles. The quantitative estimate of drug-likeness (QED) is 0.796. The van der Waals surface area contributed by atoms with Gasteiger partial charge in [-0.3, -0.25) is 9.89 Å². The van der Waals surface area contributed by atoms with Crippen molar-refractivity contribution < 1.29 is 4.79 Å². The van der Waals surface area contributed by atoms with Crippen molar-refractivity contribution in [2.24, 2.45) is 11.1 Å². The van der Waals surface area contributed by atoms with Crippen LogP contribution in [0.4, 0.5) is 5.69 Å². The summed E-state index contributed by atoms with van der Waals surface area (Å²) in [5, 5.41) is 9.83. The number of hydrogen-bond acceptors (Lipinski definition) is 3. The SMILES string of the molecule is NCC1(C(=O)Nc2cccc(-c3ccn[nH]3)c2)CCC1. The molecule has 0 saturated heterocycles. The Kier molecular flexibility index (Phi) is 3.28. The summed E-state index contributed by atoms with van der Waals surface area (Å²) in [5.74, 6) is 0.0352. The molecular formula is C15H18N4O. The van der Waals surface area contributed by atoms with E-state index in [1.807, 2.05) is 30.3 Å². The van der Waals surface area contributed by atoms with Gasteiger partial charge in [0.25, 0.3) is 0 Å². The molecule has 1 aromatic carbocycles. The lowest BCUT2D eigenvalue weighted by Crippen LogP contribution is -2.47. The minimum absolute atomic E-state index is 0.0352. The van der Waals surface area contributed by atoms with E-state index in [4.69, 9.17) is 5.73 Å². The van der Waals surface area contributed by atoms with Crippen LogP contribution in [0.25, 0.3) is 11.3 Å². The van der Waals surface area contributed by atoms with Crippen LogP contribution < -0.4 is 11.1 Å². The zero-order valence-electron chi connectivity index (χ0n) is 11.2. The second-order valence-corrected chi connectivity index (χ2v) is 5.34. The number of carbonyl (C=O) groups excluding carboxylic acids is 1. The van der Waals surface area contributed by atoms with Gasteiger partial charge in [-0.1, -0.05) is 18.6 Å². The molecule has 0 unspecified atom stereocenters. The highest BCUT2D eigenvalue weighted by Crippen LogP contribution is 2.40. The first-order chi connectivity index (χ1) is 9.73. The van der Waals surface area contributed by atoms with Crippen LogP contribution >= 0.6 is 0 Å². The van der Waals surface area contributed by atoms with E-state index >= 15 is 0 Å². The van der Waals surface area contributed by atoms with Gasteiger partial charge in [0.1, 0.15) is 0 Å². The van der Waals surface area contributed by atoms with E-state index < -0.39 is 0 Å². The van der Waals surface area contributed by atoms with Gasteiger partial charge in [-0.2, -0.15) is 5.10 Å². The van der Waals surface area contributed by atoms with Crippen molar-refractivity contribution >= 4 is 11.6 Å². The summed E-state index contributed by atoms with van der Waals surface area (Å²) in [7, 11) is 0. The zero-order chi connectivity index (χ0) is 14.0. The van der Waals surface area contributed by atoms with Crippen molar-refractivity contribution in [3.8, 4) is 11.3 Å². The van der Waals surface area contributed by atoms with Crippen molar-refractivity contribution in [2.75, 3.05) is 11.9 Å². The van der Waals surface area contributed by atoms with Gasteiger partial charge in [0.15, 0.2) is 0 Å². The van der Waals surface area contributed by atoms with Gasteiger partial charge < -0.3 is 11.1 Å². The van der Waals surface area contributed by atoms with E-state index in [2.05, 4.69) is 15.5 Å². The largest absolute Gasteiger partial charge is 0.329 e. The first-order valence-electron chi connectivity index (χ1n) is 6.85. The molecule has 0 atom stereocenters. The Hall–Kier alpha value is -2.14. The molecule has 1 amide bonds. The van der Waals surface area contributed by atoms with E-state index in [-0.39, 0.29) is 11.3 Å². The van der Waals surface area contributed by atoms with Crippen molar-refractivity contribution in [3.63, 3.8) is 0 Å². The normalized spacial score (nSPS) is 16.4. The number of anilines is 1. The molecule has 20 heavy (non-hydrogen) atoms. The number of aromatic amines is 1. The van der Waals surface area contributed by atoms with E-state index in [1.54, 1.807) is 6.20 Å². The molecule has 0 radical (unpaired) electrons. The summed E-state index contributed by atoms with van der Waals surface area (Å²) in [4.78, 5) is 12.3. The van der Waals surface area contributed by atoms with Crippen LogP contribution in [-0.2, 0) is 4.79 Å². The number of nitrogens with one attached hydrogen (secondary N) is 2. The Morgan fingerprint density at radius 2 is 2.25 bits per heavy atom. The third-order valence-electron chi connectivity index (χ3n) is 4.12. The van der Waals surface area contributed by atoms with E-state index in [0.717, 1.165) is 36.2 Å². The lowest BCUT2D eigenvalue weighted by molar-refractivity contribution is -0.129. The number of carbonyl (C=O) groups is 1. The first-order valence-corrected chi connectivity index (χ1v) is 6.85. The number of H-pyrrole nitrogens is 1. The van der Waals surface area contributed by atoms with Gasteiger partial charge in [-0.25, -0.2) is 0 Å². The molecule has 0 aliphatic heterocycles. The Labute approximate surface area is 117 Å². The van der Waals surface area contributed by atoms with E-state index in [9.17, 15) is 4.79 Å². The number of aromatic nitrogens is 2. The van der Waals surface area contributed by atoms with Gasteiger partial charge in [0, 0.05) is 24.0 Å². The van der Waals surface area contributed by atoms with Gasteiger partial charge >= 0.3 is 0 Å². The van der Waals surface area contributed by atoms with E-state index in [1.165, 1.54) is 0 Å². The molecule has 1 aliphatic rings. The molecule has 1 aromatic heterocycles. The average Bonchev–Trinajstić information content (AvgIpc) is 2.92. The summed E-state index contributed by atoms with van der Waals surface area (Å²) < 4.78 is 0. The Morgan fingerprint density at radius 3 is 2.85 bits per heavy atom. The second kappa shape index (κ2) is 5.09. The highest BCUT2D eigenvalue weighted by molar-refractivity contribution is 5.96. The molecule has 1 aliphatic carbocycles. The number of nitrogens with two attached hydrogens (primary N) is 1. The van der Waals surface area contributed by atoms with Gasteiger partial charge in [0.2, 0.25) is 5.91 Å². The maximum absolute atomic E-state index is 12.3. The molecule has 1 fully saturated rings. The van der Waals surface area contributed by atoms with Gasteiger partial charge in [0.05, 0.1) is 11.1 Å². The molecule has 1 saturated carbocycles. The van der Waals surface area contributed by atoms with Crippen LogP contribution in [0.2, 0.25) is 0 Å². The van der Waals surface area contributed by atoms with Crippen molar-refractivity contribution in [1.29, 1.82) is 0 Å². The summed E-state index contributed by atoms with van der Waals surface area (Å²) in [6.07, 6.45) is 4.56. The predicted octanol–water partition coefficient (Wildman–Crippen LogP) is 2.14. The highest BCUT2D eigenvalue weighted by Gasteiger charge is 2.42. The number of rotatable bonds is 4. The van der Waals surface area contributed by atoms with Crippen LogP contribution in [0, 0.1) is 5.41 Å². The Morgan fingerprint density at radius 1 is 1.40 bits per heavy atom. The monoisotopic (exact) mass is 270 g/mol. The second-order valence-electron chi connectivity index (χ2n) is 5.34. The van der Waals surface area contributed by atoms with Crippen LogP contribution in [0.1, 0.15) is 19.3 Å². The molecule has 5 nitrogen and oxygen atoms in total. The Bertz CT molecular complexity index is 597. The van der Waals surface area contributed by atoms with E-state index in [0.29, 0.717) is 6.54 Å². The number of hydrogen-bond donors (Lipinski definition) is 3. The standard InChI is InChI=1S/C15H18N4O/c16-10-15(6-2-7-15)14(20)18-12-4-1-3-11(9-12)13-5-8-17-19-13/h1,3-5,8-9H,2,6-7,10,16H2,(H,17,19)(H,18,20). The molecule has 3 rings (SSSR count). The minimum atomic E-state index is -0.357. The smallest absolute Gasteiger partial charge is 0.231 e. The number of nitrogens with zero attached hydrogens (tertiary/aromatic N) is 1. The Balaban J connectivity index is 1.78. The fraction of sp³-hybridized carbons (Fsp3) is 0.333. The van der Waals surface area contributed by atoms with Gasteiger partial charge in [-0.15, -0.1) is 0 Å². The lowest BCUT2D eigenvalue weighted by atomic mass is 9.68. The van der Waals surface area contributed by atoms with Gasteiger partial charge in [-0.05, 0) is 31.0 Å². The fourth-order valence-corrected chi connectivity index (χ4v) is 2.57. The van der Waals surface area contributed by atoms with Crippen molar-refractivity contribution in [3.05, 3.63) is 36.5 Å². The summed E-state index contributed by atoms with van der Waals surface area (Å²) in [5.41, 5.74) is 8.12. The zero-order valence-corrected chi connectivity index (χ0v) is 11.2. The predicted molar refractivity (Wildman–Crippen MR) is 78.0 cm³/mol. The molecule has 2 aromatic rings. The van der Waals surface area contributed by atoms with Crippen LogP contribution in [0.3, 0.4) is 0 Å². The minimum Gasteiger partial charge on any atom is -0.329 e. The molecule has 0 bridgehead atoms. The lowest BCUT2D eigenvalue weighted by Gasteiger charge is -2.39. The topological polar surface area (TPSA) is 83.8 Å². The summed E-state index contributed by atoms with van der Waals surface area (Å²) >= 11 is 0. The molecule has 0 spiro atoms. The average molecular weight is 270 g/mol. The maximum atomic E-state index is 12.3. The third-order valence-corrected chi connectivity index (χ3v) is 4.12. The summed E-state index contributed by atoms with van der Waals surface area (Å²) in [6.45, 7) is 0.416. The molecule has 104 valence electrons. The van der Waals surface area contributed by atoms with Crippen LogP contribution in [0.5, 0.6) is 0 Å². The fourth-order valence-electron chi connectivity index (χ4n) is 2.57. The molecular weight excluding hydrogens is 252 g/mol. The number of benzene rings is 1. The first kappa shape index (κ1) is 12.9. The third kappa shape index (κ3) is 2.20. The van der Waals surface area contributed by atoms with Crippen LogP contribution in [-0.4, -0.2) is 22.6 Å². The maximum Gasteiger partial charge on any atom is 0.231 e. The summed E-state index contributed by atoms with van der Waals surface area (Å²) in [6, 6.07) is 9.62. The molecule has 5 heteroatoms. The van der Waals surface area contributed by atoms with Crippen molar-refractivity contribution in [1.82, 2.24) is 10.2 Å². The number of amides is 1. The highest BCUT2D eigenvalue weighted by atomic mass is 16.2. The van der Waals surface area contributed by atoms with Crippen molar-refractivity contribution in [2.45, 2.75) is 19.3 Å². The van der Waals surface area contributed by atoms with Crippen LogP contribution in [0.15, 0.2) is 36.5 Å². The molecule has 4 N–H and O–H groups in total.